The number of nitrogens with one attached hydrogen (secondary N) is 1. The molecule has 1 amide bonds. The van der Waals surface area contributed by atoms with Gasteiger partial charge in [0.25, 0.3) is 0 Å². The van der Waals surface area contributed by atoms with E-state index in [1.165, 1.54) is 17.3 Å². The summed E-state index contributed by atoms with van der Waals surface area (Å²) in [6.45, 7) is 4.60. The van der Waals surface area contributed by atoms with Gasteiger partial charge in [-0.3, -0.25) is 9.36 Å². The number of para-hydroxylation sites is 2. The van der Waals surface area contributed by atoms with Crippen LogP contribution >= 0.6 is 11.8 Å². The Labute approximate surface area is 169 Å². The number of thioether (sulfide) groups is 1. The number of benzene rings is 2. The zero-order valence-electron chi connectivity index (χ0n) is 16.0. The number of fused-ring (bicyclic) bond motifs is 1. The van der Waals surface area contributed by atoms with Crippen LogP contribution in [0.25, 0.3) is 5.69 Å². The number of carbonyl (C=O) groups is 1. The minimum atomic E-state index is -0.264. The van der Waals surface area contributed by atoms with Gasteiger partial charge in [-0.1, -0.05) is 48.2 Å². The fourth-order valence-electron chi connectivity index (χ4n) is 3.39. The van der Waals surface area contributed by atoms with Crippen LogP contribution in [0.3, 0.4) is 0 Å². The minimum Gasteiger partial charge on any atom is -0.493 e. The first-order valence-corrected chi connectivity index (χ1v) is 10.3. The summed E-state index contributed by atoms with van der Waals surface area (Å²) >= 11 is 1.47. The average Bonchev–Trinajstić information content (AvgIpc) is 3.16. The molecule has 0 aliphatic carbocycles. The van der Waals surface area contributed by atoms with Gasteiger partial charge in [0.05, 0.1) is 23.6 Å². The molecule has 5 nitrogen and oxygen atoms in total. The number of hydrogen-bond donors (Lipinski definition) is 1. The molecule has 3 aromatic rings. The molecule has 6 heteroatoms. The molecule has 0 bridgehead atoms. The molecule has 1 aliphatic heterocycles. The van der Waals surface area contributed by atoms with Crippen LogP contribution < -0.4 is 10.1 Å². The third-order valence-electron chi connectivity index (χ3n) is 4.91. The van der Waals surface area contributed by atoms with E-state index in [4.69, 9.17) is 4.74 Å². The van der Waals surface area contributed by atoms with Crippen LogP contribution in [-0.2, 0) is 4.79 Å². The number of imidazole rings is 1. The summed E-state index contributed by atoms with van der Waals surface area (Å²) in [7, 11) is 0. The molecular weight excluding hydrogens is 370 g/mol. The third-order valence-corrected chi connectivity index (χ3v) is 5.99. The summed E-state index contributed by atoms with van der Waals surface area (Å²) < 4.78 is 7.72. The fourth-order valence-corrected chi connectivity index (χ4v) is 4.27. The van der Waals surface area contributed by atoms with Gasteiger partial charge < -0.3 is 10.1 Å². The van der Waals surface area contributed by atoms with Gasteiger partial charge >= 0.3 is 0 Å². The van der Waals surface area contributed by atoms with E-state index in [1.807, 2.05) is 54.1 Å². The lowest BCUT2D eigenvalue weighted by atomic mass is 10.0. The van der Waals surface area contributed by atoms with E-state index in [9.17, 15) is 4.79 Å². The number of nitrogens with zero attached hydrogens (tertiary/aromatic N) is 2. The van der Waals surface area contributed by atoms with Crippen LogP contribution in [0.2, 0.25) is 0 Å². The van der Waals surface area contributed by atoms with Gasteiger partial charge in [-0.15, -0.1) is 0 Å². The molecule has 1 aliphatic rings. The quantitative estimate of drug-likeness (QED) is 0.657. The number of hydrogen-bond acceptors (Lipinski definition) is 4. The number of rotatable bonds is 5. The Kier molecular flexibility index (Phi) is 5.39. The lowest BCUT2D eigenvalue weighted by molar-refractivity contribution is -0.121. The summed E-state index contributed by atoms with van der Waals surface area (Å²) in [6, 6.07) is 16.0. The number of amides is 1. The molecule has 28 heavy (non-hydrogen) atoms. The second kappa shape index (κ2) is 8.10. The lowest BCUT2D eigenvalue weighted by Crippen LogP contribution is -2.36. The molecule has 0 unspecified atom stereocenters. The Morgan fingerprint density at radius 1 is 1.25 bits per heavy atom. The van der Waals surface area contributed by atoms with Crippen LogP contribution in [-0.4, -0.2) is 27.3 Å². The van der Waals surface area contributed by atoms with Gasteiger partial charge in [0.15, 0.2) is 5.16 Å². The van der Waals surface area contributed by atoms with E-state index in [0.717, 1.165) is 28.6 Å². The van der Waals surface area contributed by atoms with Gasteiger partial charge in [0, 0.05) is 24.4 Å². The highest BCUT2D eigenvalue weighted by Crippen LogP contribution is 2.32. The molecule has 2 heterocycles. The van der Waals surface area contributed by atoms with E-state index in [1.54, 1.807) is 6.20 Å². The molecule has 0 saturated carbocycles. The number of ether oxygens (including phenoxy) is 1. The van der Waals surface area contributed by atoms with E-state index in [-0.39, 0.29) is 17.2 Å². The monoisotopic (exact) mass is 393 g/mol. The summed E-state index contributed by atoms with van der Waals surface area (Å²) in [6.07, 6.45) is 4.48. The molecule has 2 atom stereocenters. The fraction of sp³-hybridized carbons (Fsp3) is 0.273. The van der Waals surface area contributed by atoms with Crippen LogP contribution in [0.5, 0.6) is 5.75 Å². The zero-order valence-corrected chi connectivity index (χ0v) is 16.8. The Morgan fingerprint density at radius 3 is 2.89 bits per heavy atom. The summed E-state index contributed by atoms with van der Waals surface area (Å²) in [5.74, 6) is 0.862. The van der Waals surface area contributed by atoms with Crippen LogP contribution in [0.15, 0.2) is 66.1 Å². The first-order chi connectivity index (χ1) is 13.6. The predicted octanol–water partition coefficient (Wildman–Crippen LogP) is 4.30. The van der Waals surface area contributed by atoms with Gasteiger partial charge in [-0.25, -0.2) is 4.98 Å². The van der Waals surface area contributed by atoms with Crippen molar-refractivity contribution in [1.82, 2.24) is 14.9 Å². The van der Waals surface area contributed by atoms with Crippen LogP contribution in [0.1, 0.15) is 30.5 Å². The van der Waals surface area contributed by atoms with Crippen molar-refractivity contribution in [2.75, 3.05) is 6.61 Å². The molecule has 144 valence electrons. The second-order valence-electron chi connectivity index (χ2n) is 6.86. The molecule has 0 spiro atoms. The maximum Gasteiger partial charge on any atom is 0.233 e. The smallest absolute Gasteiger partial charge is 0.233 e. The number of carbonyl (C=O) groups excluding carboxylic acids is 1. The van der Waals surface area contributed by atoms with E-state index in [0.29, 0.717) is 6.61 Å². The Balaban J connectivity index is 1.47. The maximum absolute atomic E-state index is 12.9. The van der Waals surface area contributed by atoms with Gasteiger partial charge in [0.1, 0.15) is 5.75 Å². The SMILES string of the molecule is Cc1ccccc1-n1ccnc1S[C@@H](C)C(=O)N[C@@H]1CCOc2ccccc21. The predicted molar refractivity (Wildman–Crippen MR) is 111 cm³/mol. The molecule has 2 aromatic carbocycles. The topological polar surface area (TPSA) is 56.2 Å². The third kappa shape index (κ3) is 3.78. The van der Waals surface area contributed by atoms with Gasteiger partial charge in [-0.05, 0) is 31.5 Å². The summed E-state index contributed by atoms with van der Waals surface area (Å²) in [5.41, 5.74) is 3.28. The summed E-state index contributed by atoms with van der Waals surface area (Å²) in [4.78, 5) is 17.3. The van der Waals surface area contributed by atoms with Crippen molar-refractivity contribution < 1.29 is 9.53 Å². The lowest BCUT2D eigenvalue weighted by Gasteiger charge is -2.27. The van der Waals surface area contributed by atoms with Crippen LogP contribution in [0.4, 0.5) is 0 Å². The van der Waals surface area contributed by atoms with Crippen molar-refractivity contribution in [1.29, 1.82) is 0 Å². The highest BCUT2D eigenvalue weighted by atomic mass is 32.2. The zero-order chi connectivity index (χ0) is 19.5. The molecule has 1 N–H and O–H groups in total. The summed E-state index contributed by atoms with van der Waals surface area (Å²) in [5, 5.41) is 3.73. The van der Waals surface area contributed by atoms with Crippen molar-refractivity contribution in [3.8, 4) is 11.4 Å². The molecule has 0 fully saturated rings. The second-order valence-corrected chi connectivity index (χ2v) is 8.17. The van der Waals surface area contributed by atoms with Crippen molar-refractivity contribution in [3.63, 3.8) is 0 Å². The Bertz CT molecular complexity index is 985. The van der Waals surface area contributed by atoms with Crippen molar-refractivity contribution >= 4 is 17.7 Å². The molecule has 4 rings (SSSR count). The maximum atomic E-state index is 12.9. The normalized spacial score (nSPS) is 16.7. The highest BCUT2D eigenvalue weighted by molar-refractivity contribution is 8.00. The van der Waals surface area contributed by atoms with Crippen molar-refractivity contribution in [2.45, 2.75) is 36.7 Å². The van der Waals surface area contributed by atoms with Gasteiger partial charge in [-0.2, -0.15) is 0 Å². The van der Waals surface area contributed by atoms with Crippen molar-refractivity contribution in [3.05, 3.63) is 72.1 Å². The number of aryl methyl sites for hydroxylation is 1. The largest absolute Gasteiger partial charge is 0.493 e. The Hall–Kier alpha value is -2.73. The van der Waals surface area contributed by atoms with E-state index >= 15 is 0 Å². The molecule has 0 radical (unpaired) electrons. The molecule has 1 aromatic heterocycles. The van der Waals surface area contributed by atoms with E-state index in [2.05, 4.69) is 29.4 Å². The standard InChI is InChI=1S/C22H23N3O2S/c1-15-7-3-5-9-19(15)25-13-12-23-22(25)28-16(2)21(26)24-18-11-14-27-20-10-6-4-8-17(18)20/h3-10,12-13,16,18H,11,14H2,1-2H3,(H,24,26)/t16-,18+/m0/s1. The minimum absolute atomic E-state index is 0.00559. The molecule has 0 saturated heterocycles. The number of aromatic nitrogens is 2. The first kappa shape index (κ1) is 18.6. The first-order valence-electron chi connectivity index (χ1n) is 9.41. The van der Waals surface area contributed by atoms with E-state index < -0.39 is 0 Å². The van der Waals surface area contributed by atoms with Gasteiger partial charge in [0.2, 0.25) is 5.91 Å². The Morgan fingerprint density at radius 2 is 2.04 bits per heavy atom. The molecular formula is C22H23N3O2S. The average molecular weight is 394 g/mol. The van der Waals surface area contributed by atoms with Crippen LogP contribution in [0, 0.1) is 6.92 Å². The highest BCUT2D eigenvalue weighted by Gasteiger charge is 2.25. The van der Waals surface area contributed by atoms with Crippen molar-refractivity contribution in [2.24, 2.45) is 0 Å².